The van der Waals surface area contributed by atoms with E-state index in [2.05, 4.69) is 0 Å². The second-order valence-electron chi connectivity index (χ2n) is 7.55. The van der Waals surface area contributed by atoms with Crippen LogP contribution in [0.25, 0.3) is 0 Å². The molecule has 0 bridgehead atoms. The van der Waals surface area contributed by atoms with Gasteiger partial charge >= 0.3 is 6.09 Å². The Bertz CT molecular complexity index is 558. The van der Waals surface area contributed by atoms with Crippen molar-refractivity contribution in [2.24, 2.45) is 0 Å². The first kappa shape index (κ1) is 19.6. The maximum atomic E-state index is 13.2. The number of rotatable bonds is 6. The Labute approximate surface area is 148 Å². The molecule has 1 aliphatic rings. The van der Waals surface area contributed by atoms with Gasteiger partial charge in [0, 0.05) is 31.6 Å². The van der Waals surface area contributed by atoms with Gasteiger partial charge in [0.2, 0.25) is 0 Å². The van der Waals surface area contributed by atoms with Crippen molar-refractivity contribution in [3.05, 3.63) is 35.9 Å². The predicted molar refractivity (Wildman–Crippen MR) is 94.0 cm³/mol. The van der Waals surface area contributed by atoms with Crippen LogP contribution >= 0.6 is 0 Å². The van der Waals surface area contributed by atoms with Crippen LogP contribution in [-0.4, -0.2) is 60.1 Å². The SMILES string of the molecule is CC(C)(C)N(CCc1ccccc1)C(=O)OCCN1CCC(F)(F)C1. The number of ether oxygens (including phenoxy) is 1. The van der Waals surface area contributed by atoms with Crippen LogP contribution in [0, 0.1) is 0 Å². The van der Waals surface area contributed by atoms with Crippen LogP contribution in [0.1, 0.15) is 32.8 Å². The van der Waals surface area contributed by atoms with E-state index < -0.39 is 12.0 Å². The second kappa shape index (κ2) is 8.13. The van der Waals surface area contributed by atoms with Crippen LogP contribution < -0.4 is 0 Å². The van der Waals surface area contributed by atoms with Gasteiger partial charge in [-0.15, -0.1) is 0 Å². The third kappa shape index (κ3) is 6.27. The molecule has 0 unspecified atom stereocenters. The first-order valence-corrected chi connectivity index (χ1v) is 8.76. The van der Waals surface area contributed by atoms with Gasteiger partial charge in [-0.2, -0.15) is 0 Å². The summed E-state index contributed by atoms with van der Waals surface area (Å²) in [5.74, 6) is -2.61. The number of nitrogens with zero attached hydrogens (tertiary/aromatic N) is 2. The van der Waals surface area contributed by atoms with E-state index in [1.165, 1.54) is 0 Å². The minimum Gasteiger partial charge on any atom is -0.448 e. The van der Waals surface area contributed by atoms with Crippen molar-refractivity contribution < 1.29 is 18.3 Å². The molecule has 1 amide bonds. The number of hydrogen-bond donors (Lipinski definition) is 0. The quantitative estimate of drug-likeness (QED) is 0.779. The van der Waals surface area contributed by atoms with Gasteiger partial charge in [0.05, 0.1) is 6.54 Å². The van der Waals surface area contributed by atoms with Gasteiger partial charge in [-0.1, -0.05) is 30.3 Å². The summed E-state index contributed by atoms with van der Waals surface area (Å²) in [6.45, 7) is 7.00. The van der Waals surface area contributed by atoms with E-state index in [1.54, 1.807) is 9.80 Å². The van der Waals surface area contributed by atoms with Crippen molar-refractivity contribution in [3.8, 4) is 0 Å². The Morgan fingerprint density at radius 1 is 1.28 bits per heavy atom. The molecule has 1 saturated heterocycles. The molecule has 2 rings (SSSR count). The molecule has 0 aromatic heterocycles. The number of halogens is 2. The molecule has 1 heterocycles. The Kier molecular flexibility index (Phi) is 6.38. The molecule has 0 radical (unpaired) electrons. The average molecular weight is 354 g/mol. The standard InChI is InChI=1S/C19H28F2N2O2/c1-18(2,3)23(11-9-16-7-5-4-6-8-16)17(24)25-14-13-22-12-10-19(20,21)15-22/h4-8H,9-15H2,1-3H3. The van der Waals surface area contributed by atoms with Crippen LogP contribution in [0.4, 0.5) is 13.6 Å². The first-order chi connectivity index (χ1) is 11.7. The van der Waals surface area contributed by atoms with E-state index in [0.717, 1.165) is 12.0 Å². The summed E-state index contributed by atoms with van der Waals surface area (Å²) in [6.07, 6.45) is 0.229. The topological polar surface area (TPSA) is 32.8 Å². The average Bonchev–Trinajstić information content (AvgIpc) is 2.86. The van der Waals surface area contributed by atoms with Gasteiger partial charge in [-0.3, -0.25) is 4.90 Å². The Balaban J connectivity index is 1.82. The molecule has 25 heavy (non-hydrogen) atoms. The lowest BCUT2D eigenvalue weighted by Gasteiger charge is -2.35. The molecular formula is C19H28F2N2O2. The van der Waals surface area contributed by atoms with E-state index >= 15 is 0 Å². The number of hydrogen-bond acceptors (Lipinski definition) is 3. The fraction of sp³-hybridized carbons (Fsp3) is 0.632. The Morgan fingerprint density at radius 3 is 2.52 bits per heavy atom. The zero-order valence-electron chi connectivity index (χ0n) is 15.3. The van der Waals surface area contributed by atoms with Crippen LogP contribution in [0.15, 0.2) is 30.3 Å². The Hall–Kier alpha value is -1.69. The maximum absolute atomic E-state index is 13.2. The van der Waals surface area contributed by atoms with Crippen molar-refractivity contribution in [1.82, 2.24) is 9.80 Å². The minimum absolute atomic E-state index is 0.119. The van der Waals surface area contributed by atoms with E-state index in [0.29, 0.717) is 19.6 Å². The van der Waals surface area contributed by atoms with Gasteiger partial charge < -0.3 is 9.64 Å². The van der Waals surface area contributed by atoms with Crippen molar-refractivity contribution in [2.75, 3.05) is 32.8 Å². The Morgan fingerprint density at radius 2 is 1.96 bits per heavy atom. The first-order valence-electron chi connectivity index (χ1n) is 8.76. The van der Waals surface area contributed by atoms with Crippen LogP contribution in [0.2, 0.25) is 0 Å². The summed E-state index contributed by atoms with van der Waals surface area (Å²) >= 11 is 0. The van der Waals surface area contributed by atoms with Crippen molar-refractivity contribution in [3.63, 3.8) is 0 Å². The predicted octanol–water partition coefficient (Wildman–Crippen LogP) is 3.81. The van der Waals surface area contributed by atoms with E-state index in [1.807, 2.05) is 51.1 Å². The highest BCUT2D eigenvalue weighted by Gasteiger charge is 2.38. The maximum Gasteiger partial charge on any atom is 0.410 e. The second-order valence-corrected chi connectivity index (χ2v) is 7.55. The van der Waals surface area contributed by atoms with E-state index in [4.69, 9.17) is 4.74 Å². The smallest absolute Gasteiger partial charge is 0.410 e. The number of carbonyl (C=O) groups excluding carboxylic acids is 1. The largest absolute Gasteiger partial charge is 0.448 e. The van der Waals surface area contributed by atoms with Gasteiger partial charge in [0.25, 0.3) is 5.92 Å². The van der Waals surface area contributed by atoms with Crippen molar-refractivity contribution in [1.29, 1.82) is 0 Å². The molecule has 1 fully saturated rings. The lowest BCUT2D eigenvalue weighted by atomic mass is 10.1. The van der Waals surface area contributed by atoms with Gasteiger partial charge in [-0.05, 0) is 32.8 Å². The third-order valence-corrected chi connectivity index (χ3v) is 4.38. The number of benzene rings is 1. The number of likely N-dealkylation sites (tertiary alicyclic amines) is 1. The molecule has 1 aromatic rings. The molecule has 140 valence electrons. The molecule has 1 aliphatic heterocycles. The molecule has 0 spiro atoms. The van der Waals surface area contributed by atoms with Gasteiger partial charge in [0.1, 0.15) is 6.61 Å². The van der Waals surface area contributed by atoms with Crippen LogP contribution in [0.5, 0.6) is 0 Å². The molecule has 0 atom stereocenters. The number of amides is 1. The van der Waals surface area contributed by atoms with E-state index in [9.17, 15) is 13.6 Å². The minimum atomic E-state index is -2.61. The van der Waals surface area contributed by atoms with Gasteiger partial charge in [-0.25, -0.2) is 13.6 Å². The summed E-state index contributed by atoms with van der Waals surface area (Å²) < 4.78 is 31.7. The summed E-state index contributed by atoms with van der Waals surface area (Å²) in [6, 6.07) is 9.96. The monoisotopic (exact) mass is 354 g/mol. The summed E-state index contributed by atoms with van der Waals surface area (Å²) in [4.78, 5) is 15.8. The van der Waals surface area contributed by atoms with Crippen molar-refractivity contribution in [2.45, 2.75) is 45.1 Å². The molecule has 6 heteroatoms. The summed E-state index contributed by atoms with van der Waals surface area (Å²) in [5, 5.41) is 0. The van der Waals surface area contributed by atoms with Crippen molar-refractivity contribution >= 4 is 6.09 Å². The highest BCUT2D eigenvalue weighted by Crippen LogP contribution is 2.26. The highest BCUT2D eigenvalue weighted by atomic mass is 19.3. The summed E-state index contributed by atoms with van der Waals surface area (Å²) in [5.41, 5.74) is 0.788. The summed E-state index contributed by atoms with van der Waals surface area (Å²) in [7, 11) is 0. The fourth-order valence-corrected chi connectivity index (χ4v) is 2.92. The normalized spacial score (nSPS) is 17.5. The fourth-order valence-electron chi connectivity index (χ4n) is 2.92. The lowest BCUT2D eigenvalue weighted by Crippen LogP contribution is -2.47. The third-order valence-electron chi connectivity index (χ3n) is 4.38. The molecule has 4 nitrogen and oxygen atoms in total. The van der Waals surface area contributed by atoms with E-state index in [-0.39, 0.29) is 25.1 Å². The number of carbonyl (C=O) groups is 1. The van der Waals surface area contributed by atoms with Crippen LogP contribution in [0.3, 0.4) is 0 Å². The molecule has 0 saturated carbocycles. The zero-order chi connectivity index (χ0) is 18.5. The number of alkyl halides is 2. The van der Waals surface area contributed by atoms with Crippen LogP contribution in [-0.2, 0) is 11.2 Å². The molecule has 1 aromatic carbocycles. The van der Waals surface area contributed by atoms with Gasteiger partial charge in [0.15, 0.2) is 0 Å². The molecule has 0 aliphatic carbocycles. The lowest BCUT2D eigenvalue weighted by molar-refractivity contribution is 0.00949. The molecule has 0 N–H and O–H groups in total. The highest BCUT2D eigenvalue weighted by molar-refractivity contribution is 5.68. The zero-order valence-corrected chi connectivity index (χ0v) is 15.3. The molecular weight excluding hydrogens is 326 g/mol.